The molecule has 0 aliphatic rings. The van der Waals surface area contributed by atoms with Gasteiger partial charge in [-0.15, -0.1) is 0 Å². The first-order valence-electron chi connectivity index (χ1n) is 4.55. The highest BCUT2D eigenvalue weighted by Crippen LogP contribution is 2.27. The minimum absolute atomic E-state index is 0.743. The van der Waals surface area contributed by atoms with Crippen molar-refractivity contribution in [2.45, 2.75) is 0 Å². The number of hydrogen-bond acceptors (Lipinski definition) is 3. The van der Waals surface area contributed by atoms with Crippen molar-refractivity contribution in [3.63, 3.8) is 0 Å². The summed E-state index contributed by atoms with van der Waals surface area (Å²) in [5, 5.41) is 0. The van der Waals surface area contributed by atoms with Crippen LogP contribution in [0.4, 0.5) is 0 Å². The SMILES string of the molecule is c1nc(-c2ccc(-c3ccoc3)o2)c[nH]1. The molecular weight excluding hydrogens is 192 g/mol. The van der Waals surface area contributed by atoms with E-state index in [1.807, 2.05) is 18.2 Å². The Hall–Kier alpha value is -2.23. The van der Waals surface area contributed by atoms with Crippen LogP contribution in [0.5, 0.6) is 0 Å². The summed E-state index contributed by atoms with van der Waals surface area (Å²) in [5.74, 6) is 1.52. The van der Waals surface area contributed by atoms with Crippen LogP contribution < -0.4 is 0 Å². The normalized spacial score (nSPS) is 10.7. The van der Waals surface area contributed by atoms with Crippen molar-refractivity contribution < 1.29 is 8.83 Å². The first-order chi connectivity index (χ1) is 7.43. The van der Waals surface area contributed by atoms with Crippen LogP contribution in [0, 0.1) is 0 Å². The van der Waals surface area contributed by atoms with E-state index in [0.29, 0.717) is 0 Å². The highest BCUT2D eigenvalue weighted by atomic mass is 16.3. The van der Waals surface area contributed by atoms with Crippen LogP contribution in [0.3, 0.4) is 0 Å². The van der Waals surface area contributed by atoms with Crippen molar-refractivity contribution in [3.05, 3.63) is 43.2 Å². The summed E-state index contributed by atoms with van der Waals surface area (Å²) in [5.41, 5.74) is 1.72. The van der Waals surface area contributed by atoms with Gasteiger partial charge < -0.3 is 13.8 Å². The molecule has 0 saturated heterocycles. The fourth-order valence-corrected chi connectivity index (χ4v) is 1.43. The highest BCUT2D eigenvalue weighted by molar-refractivity contribution is 5.61. The highest BCUT2D eigenvalue weighted by Gasteiger charge is 2.08. The standard InChI is InChI=1S/C11H8N2O2/c1-2-11(9-5-12-7-13-9)15-10(1)8-3-4-14-6-8/h1-7H,(H,12,13). The van der Waals surface area contributed by atoms with E-state index in [4.69, 9.17) is 8.83 Å². The molecule has 15 heavy (non-hydrogen) atoms. The smallest absolute Gasteiger partial charge is 0.154 e. The molecule has 0 aliphatic carbocycles. The van der Waals surface area contributed by atoms with E-state index in [1.54, 1.807) is 25.1 Å². The average Bonchev–Trinajstić information content (AvgIpc) is 3.02. The summed E-state index contributed by atoms with van der Waals surface area (Å²) in [7, 11) is 0. The van der Waals surface area contributed by atoms with Gasteiger partial charge in [-0.1, -0.05) is 0 Å². The fourth-order valence-electron chi connectivity index (χ4n) is 1.43. The molecule has 0 spiro atoms. The molecule has 0 saturated carbocycles. The first kappa shape index (κ1) is 8.11. The van der Waals surface area contributed by atoms with Gasteiger partial charge in [0, 0.05) is 6.20 Å². The largest absolute Gasteiger partial charge is 0.472 e. The molecule has 0 bridgehead atoms. The number of aromatic nitrogens is 2. The zero-order valence-electron chi connectivity index (χ0n) is 7.81. The molecule has 74 valence electrons. The van der Waals surface area contributed by atoms with Gasteiger partial charge in [0.25, 0.3) is 0 Å². The van der Waals surface area contributed by atoms with Gasteiger partial charge in [-0.2, -0.15) is 0 Å². The summed E-state index contributed by atoms with van der Waals surface area (Å²) in [4.78, 5) is 6.99. The van der Waals surface area contributed by atoms with Crippen LogP contribution in [-0.4, -0.2) is 9.97 Å². The van der Waals surface area contributed by atoms with E-state index in [2.05, 4.69) is 9.97 Å². The van der Waals surface area contributed by atoms with Gasteiger partial charge in [-0.05, 0) is 18.2 Å². The van der Waals surface area contributed by atoms with Crippen LogP contribution >= 0.6 is 0 Å². The van der Waals surface area contributed by atoms with E-state index in [1.165, 1.54) is 0 Å². The Kier molecular flexibility index (Phi) is 1.71. The lowest BCUT2D eigenvalue weighted by atomic mass is 10.3. The van der Waals surface area contributed by atoms with E-state index in [9.17, 15) is 0 Å². The molecule has 3 aromatic heterocycles. The average molecular weight is 200 g/mol. The molecule has 0 unspecified atom stereocenters. The van der Waals surface area contributed by atoms with E-state index >= 15 is 0 Å². The van der Waals surface area contributed by atoms with Gasteiger partial charge in [-0.25, -0.2) is 4.98 Å². The summed E-state index contributed by atoms with van der Waals surface area (Å²) in [6, 6.07) is 5.64. The number of nitrogens with zero attached hydrogens (tertiary/aromatic N) is 1. The predicted octanol–water partition coefficient (Wildman–Crippen LogP) is 2.93. The number of rotatable bonds is 2. The lowest BCUT2D eigenvalue weighted by molar-refractivity contribution is 0.562. The van der Waals surface area contributed by atoms with Crippen LogP contribution in [0.2, 0.25) is 0 Å². The van der Waals surface area contributed by atoms with Crippen molar-refractivity contribution in [3.8, 4) is 22.8 Å². The topological polar surface area (TPSA) is 55.0 Å². The van der Waals surface area contributed by atoms with Crippen LogP contribution in [0.25, 0.3) is 22.8 Å². The molecule has 0 aliphatic heterocycles. The summed E-state index contributed by atoms with van der Waals surface area (Å²) in [6.45, 7) is 0. The Morgan fingerprint density at radius 3 is 2.80 bits per heavy atom. The third-order valence-electron chi connectivity index (χ3n) is 2.16. The Morgan fingerprint density at radius 2 is 2.07 bits per heavy atom. The first-order valence-corrected chi connectivity index (χ1v) is 4.55. The quantitative estimate of drug-likeness (QED) is 0.691. The lowest BCUT2D eigenvalue weighted by Gasteiger charge is -1.90. The molecule has 4 heteroatoms. The van der Waals surface area contributed by atoms with Crippen molar-refractivity contribution in [2.75, 3.05) is 0 Å². The van der Waals surface area contributed by atoms with Crippen LogP contribution in [0.1, 0.15) is 0 Å². The van der Waals surface area contributed by atoms with Crippen LogP contribution in [0.15, 0.2) is 52.1 Å². The van der Waals surface area contributed by atoms with Crippen molar-refractivity contribution in [1.29, 1.82) is 0 Å². The molecule has 0 fully saturated rings. The molecule has 0 radical (unpaired) electrons. The number of furan rings is 2. The van der Waals surface area contributed by atoms with Gasteiger partial charge in [0.2, 0.25) is 0 Å². The van der Waals surface area contributed by atoms with Crippen molar-refractivity contribution in [2.24, 2.45) is 0 Å². The Bertz CT molecular complexity index is 486. The van der Waals surface area contributed by atoms with Gasteiger partial charge in [0.15, 0.2) is 5.76 Å². The fraction of sp³-hybridized carbons (Fsp3) is 0. The second kappa shape index (κ2) is 3.16. The third-order valence-corrected chi connectivity index (χ3v) is 2.16. The maximum Gasteiger partial charge on any atom is 0.154 e. The molecule has 0 aromatic carbocycles. The van der Waals surface area contributed by atoms with Crippen molar-refractivity contribution >= 4 is 0 Å². The Balaban J connectivity index is 2.02. The number of aromatic amines is 1. The Labute approximate surface area is 85.6 Å². The molecular formula is C11H8N2O2. The predicted molar refractivity (Wildman–Crippen MR) is 54.0 cm³/mol. The number of imidazole rings is 1. The second-order valence-electron chi connectivity index (χ2n) is 3.13. The summed E-state index contributed by atoms with van der Waals surface area (Å²) < 4.78 is 10.6. The maximum atomic E-state index is 5.63. The zero-order valence-corrected chi connectivity index (χ0v) is 7.81. The molecule has 3 rings (SSSR count). The van der Waals surface area contributed by atoms with Crippen molar-refractivity contribution in [1.82, 2.24) is 9.97 Å². The maximum absolute atomic E-state index is 5.63. The van der Waals surface area contributed by atoms with E-state index in [-0.39, 0.29) is 0 Å². The zero-order chi connectivity index (χ0) is 10.1. The minimum atomic E-state index is 0.743. The third kappa shape index (κ3) is 1.36. The van der Waals surface area contributed by atoms with E-state index < -0.39 is 0 Å². The summed E-state index contributed by atoms with van der Waals surface area (Å²) in [6.07, 6.45) is 6.67. The molecule has 0 atom stereocenters. The number of nitrogens with one attached hydrogen (secondary N) is 1. The van der Waals surface area contributed by atoms with E-state index in [0.717, 1.165) is 22.8 Å². The molecule has 1 N–H and O–H groups in total. The second-order valence-corrected chi connectivity index (χ2v) is 3.13. The monoisotopic (exact) mass is 200 g/mol. The molecule has 3 aromatic rings. The minimum Gasteiger partial charge on any atom is -0.472 e. The van der Waals surface area contributed by atoms with Gasteiger partial charge >= 0.3 is 0 Å². The molecule has 4 nitrogen and oxygen atoms in total. The number of hydrogen-bond donors (Lipinski definition) is 1. The van der Waals surface area contributed by atoms with Gasteiger partial charge in [0.1, 0.15) is 17.7 Å². The van der Waals surface area contributed by atoms with Crippen LogP contribution in [-0.2, 0) is 0 Å². The Morgan fingerprint density at radius 1 is 1.13 bits per heavy atom. The van der Waals surface area contributed by atoms with Gasteiger partial charge in [0.05, 0.1) is 18.2 Å². The number of H-pyrrole nitrogens is 1. The summed E-state index contributed by atoms with van der Waals surface area (Å²) >= 11 is 0. The van der Waals surface area contributed by atoms with Gasteiger partial charge in [-0.3, -0.25) is 0 Å². The molecule has 0 amide bonds. The molecule has 3 heterocycles. The lowest BCUT2D eigenvalue weighted by Crippen LogP contribution is -1.69.